The molecule has 0 fully saturated rings. The fraction of sp³-hybridized carbons (Fsp3) is 0.647. The van der Waals surface area contributed by atoms with Crippen LogP contribution in [0.15, 0.2) is 18.2 Å². The van der Waals surface area contributed by atoms with Crippen LogP contribution in [0.3, 0.4) is 0 Å². The zero-order valence-electron chi connectivity index (χ0n) is 13.5. The summed E-state index contributed by atoms with van der Waals surface area (Å²) in [7, 11) is 0. The Labute approximate surface area is 131 Å². The summed E-state index contributed by atoms with van der Waals surface area (Å²) >= 11 is 0. The lowest BCUT2D eigenvalue weighted by molar-refractivity contribution is 0.0140. The molecule has 2 rings (SSSR count). The summed E-state index contributed by atoms with van der Waals surface area (Å²) in [5.74, 6) is 0.678. The number of aliphatic hydroxyl groups is 3. The molecule has 0 radical (unpaired) electrons. The number of hydrogen-bond donors (Lipinski definition) is 4. The van der Waals surface area contributed by atoms with E-state index in [2.05, 4.69) is 5.32 Å². The van der Waals surface area contributed by atoms with Crippen LogP contribution in [0, 0.1) is 0 Å². The number of β-amino-alcohol motifs (C(OH)–C–C–N with tert-alkyl or cyclic N) is 1. The van der Waals surface area contributed by atoms with Crippen LogP contribution in [0.5, 0.6) is 5.75 Å². The molecule has 0 amide bonds. The van der Waals surface area contributed by atoms with Gasteiger partial charge in [0.15, 0.2) is 0 Å². The van der Waals surface area contributed by atoms with Crippen molar-refractivity contribution in [3.05, 3.63) is 29.3 Å². The van der Waals surface area contributed by atoms with Crippen LogP contribution in [0.2, 0.25) is 0 Å². The molecule has 0 saturated carbocycles. The fourth-order valence-corrected chi connectivity index (χ4v) is 2.48. The Hall–Kier alpha value is -1.14. The van der Waals surface area contributed by atoms with Crippen molar-refractivity contribution in [1.29, 1.82) is 0 Å². The highest BCUT2D eigenvalue weighted by Gasteiger charge is 2.25. The fourth-order valence-electron chi connectivity index (χ4n) is 2.48. The second-order valence-electron chi connectivity index (χ2n) is 7.07. The lowest BCUT2D eigenvalue weighted by atomic mass is 9.88. The molecule has 0 aromatic heterocycles. The van der Waals surface area contributed by atoms with Crippen LogP contribution in [0.1, 0.15) is 31.9 Å². The number of fused-ring (bicyclic) bond motifs is 1. The second kappa shape index (κ2) is 6.96. The van der Waals surface area contributed by atoms with Gasteiger partial charge in [-0.1, -0.05) is 6.07 Å². The van der Waals surface area contributed by atoms with Crippen molar-refractivity contribution < 1.29 is 20.1 Å². The van der Waals surface area contributed by atoms with Crippen molar-refractivity contribution in [1.82, 2.24) is 5.32 Å². The number of hydrogen-bond acceptors (Lipinski definition) is 5. The van der Waals surface area contributed by atoms with E-state index in [9.17, 15) is 15.3 Å². The van der Waals surface area contributed by atoms with Gasteiger partial charge in [-0.15, -0.1) is 0 Å². The molecule has 22 heavy (non-hydrogen) atoms. The van der Waals surface area contributed by atoms with Crippen molar-refractivity contribution in [3.63, 3.8) is 0 Å². The standard InChI is InChI=1S/C17H27NO4/c1-17(2,3)18-9-13(19)10-22-14-5-4-11-7-15(20)16(21)8-12(11)6-14/h4-6,13,15-16,18-21H,7-10H2,1-3H3/t13-,15-,16-/m1/s1. The number of benzene rings is 1. The van der Waals surface area contributed by atoms with Crippen LogP contribution in [0.25, 0.3) is 0 Å². The number of aliphatic hydroxyl groups excluding tert-OH is 3. The maximum absolute atomic E-state index is 9.93. The highest BCUT2D eigenvalue weighted by Crippen LogP contribution is 2.26. The largest absolute Gasteiger partial charge is 0.491 e. The molecule has 0 saturated heterocycles. The highest BCUT2D eigenvalue weighted by atomic mass is 16.5. The van der Waals surface area contributed by atoms with Crippen LogP contribution in [0.4, 0.5) is 0 Å². The average Bonchev–Trinajstić information content (AvgIpc) is 2.43. The Bertz CT molecular complexity index is 498. The van der Waals surface area contributed by atoms with Crippen molar-refractivity contribution in [2.45, 2.75) is 57.5 Å². The van der Waals surface area contributed by atoms with Gasteiger partial charge in [0.1, 0.15) is 18.5 Å². The molecule has 0 heterocycles. The van der Waals surface area contributed by atoms with E-state index in [0.29, 0.717) is 25.1 Å². The van der Waals surface area contributed by atoms with E-state index in [-0.39, 0.29) is 12.1 Å². The summed E-state index contributed by atoms with van der Waals surface area (Å²) in [4.78, 5) is 0. The Morgan fingerprint density at radius 1 is 1.18 bits per heavy atom. The first-order chi connectivity index (χ1) is 10.2. The minimum absolute atomic E-state index is 0.0379. The van der Waals surface area contributed by atoms with E-state index < -0.39 is 18.3 Å². The van der Waals surface area contributed by atoms with Gasteiger partial charge < -0.3 is 25.4 Å². The summed E-state index contributed by atoms with van der Waals surface area (Å²) in [6, 6.07) is 5.64. The first-order valence-corrected chi connectivity index (χ1v) is 7.78. The zero-order chi connectivity index (χ0) is 16.3. The number of rotatable bonds is 5. The third kappa shape index (κ3) is 4.95. The van der Waals surface area contributed by atoms with Crippen molar-refractivity contribution >= 4 is 0 Å². The summed E-state index contributed by atoms with van der Waals surface area (Å²) < 4.78 is 5.63. The summed E-state index contributed by atoms with van der Waals surface area (Å²) in [5, 5.41) is 32.6. The van der Waals surface area contributed by atoms with E-state index >= 15 is 0 Å². The van der Waals surface area contributed by atoms with E-state index in [1.165, 1.54) is 0 Å². The van der Waals surface area contributed by atoms with Crippen LogP contribution in [-0.2, 0) is 12.8 Å². The van der Waals surface area contributed by atoms with Crippen LogP contribution >= 0.6 is 0 Å². The molecule has 4 N–H and O–H groups in total. The lowest BCUT2D eigenvalue weighted by Gasteiger charge is -2.26. The van der Waals surface area contributed by atoms with Crippen LogP contribution in [-0.4, -0.2) is 52.3 Å². The van der Waals surface area contributed by atoms with Gasteiger partial charge in [0, 0.05) is 24.9 Å². The monoisotopic (exact) mass is 309 g/mol. The molecule has 0 aliphatic heterocycles. The third-order valence-corrected chi connectivity index (χ3v) is 3.79. The van der Waals surface area contributed by atoms with Gasteiger partial charge in [0.25, 0.3) is 0 Å². The molecular weight excluding hydrogens is 282 g/mol. The van der Waals surface area contributed by atoms with Gasteiger partial charge in [-0.3, -0.25) is 0 Å². The molecule has 1 aromatic carbocycles. The molecule has 5 nitrogen and oxygen atoms in total. The normalized spacial score (nSPS) is 23.0. The molecule has 1 aromatic rings. The van der Waals surface area contributed by atoms with Gasteiger partial charge in [-0.05, 0) is 44.0 Å². The van der Waals surface area contributed by atoms with Gasteiger partial charge >= 0.3 is 0 Å². The molecule has 5 heteroatoms. The topological polar surface area (TPSA) is 82.0 Å². The minimum atomic E-state index is -0.718. The lowest BCUT2D eigenvalue weighted by Crippen LogP contribution is -2.42. The quantitative estimate of drug-likeness (QED) is 0.641. The molecule has 1 aliphatic carbocycles. The van der Waals surface area contributed by atoms with Gasteiger partial charge in [-0.2, -0.15) is 0 Å². The molecule has 124 valence electrons. The molecular formula is C17H27NO4. The van der Waals surface area contributed by atoms with Gasteiger partial charge in [0.05, 0.1) is 12.2 Å². The highest BCUT2D eigenvalue weighted by molar-refractivity contribution is 5.38. The van der Waals surface area contributed by atoms with Crippen LogP contribution < -0.4 is 10.1 Å². The number of ether oxygens (including phenoxy) is 1. The summed E-state index contributed by atoms with van der Waals surface area (Å²) in [6.45, 7) is 6.82. The molecule has 0 bridgehead atoms. The SMILES string of the molecule is CC(C)(C)NC[C@@H](O)COc1ccc2c(c1)C[C@@H](O)[C@H](O)C2. The Morgan fingerprint density at radius 2 is 1.82 bits per heavy atom. The first kappa shape index (κ1) is 17.2. The maximum Gasteiger partial charge on any atom is 0.119 e. The Balaban J connectivity index is 1.88. The molecule has 3 atom stereocenters. The zero-order valence-corrected chi connectivity index (χ0v) is 13.5. The minimum Gasteiger partial charge on any atom is -0.491 e. The first-order valence-electron chi connectivity index (χ1n) is 7.78. The predicted molar refractivity (Wildman–Crippen MR) is 85.1 cm³/mol. The van der Waals surface area contributed by atoms with E-state index in [4.69, 9.17) is 4.74 Å². The maximum atomic E-state index is 9.93. The predicted octanol–water partition coefficient (Wildman–Crippen LogP) is 0.635. The summed E-state index contributed by atoms with van der Waals surface area (Å²) in [5.41, 5.74) is 2.00. The molecule has 1 aliphatic rings. The smallest absolute Gasteiger partial charge is 0.119 e. The third-order valence-electron chi connectivity index (χ3n) is 3.79. The van der Waals surface area contributed by atoms with Gasteiger partial charge in [-0.25, -0.2) is 0 Å². The molecule has 0 unspecified atom stereocenters. The molecule has 0 spiro atoms. The van der Waals surface area contributed by atoms with Crippen molar-refractivity contribution in [3.8, 4) is 5.75 Å². The second-order valence-corrected chi connectivity index (χ2v) is 7.07. The van der Waals surface area contributed by atoms with E-state index in [1.807, 2.05) is 39.0 Å². The average molecular weight is 309 g/mol. The van der Waals surface area contributed by atoms with E-state index in [0.717, 1.165) is 11.1 Å². The summed E-state index contributed by atoms with van der Waals surface area (Å²) in [6.07, 6.45) is -1.09. The Kier molecular flexibility index (Phi) is 5.45. The van der Waals surface area contributed by atoms with Crippen molar-refractivity contribution in [2.24, 2.45) is 0 Å². The van der Waals surface area contributed by atoms with Crippen molar-refractivity contribution in [2.75, 3.05) is 13.2 Å². The van der Waals surface area contributed by atoms with Gasteiger partial charge in [0.2, 0.25) is 0 Å². The van der Waals surface area contributed by atoms with E-state index in [1.54, 1.807) is 0 Å². The number of nitrogens with one attached hydrogen (secondary N) is 1. The Morgan fingerprint density at radius 3 is 2.45 bits per heavy atom.